The monoisotopic (exact) mass is 424 g/mol. The highest BCUT2D eigenvalue weighted by atomic mass is 19.4. The third-order valence-corrected chi connectivity index (χ3v) is 4.79. The van der Waals surface area contributed by atoms with Crippen LogP contribution < -0.4 is 5.32 Å². The van der Waals surface area contributed by atoms with Gasteiger partial charge >= 0.3 is 6.18 Å². The number of pyridine rings is 1. The van der Waals surface area contributed by atoms with E-state index in [4.69, 9.17) is 0 Å². The predicted octanol–water partition coefficient (Wildman–Crippen LogP) is 5.02. The molecule has 2 aromatic carbocycles. The maximum Gasteiger partial charge on any atom is 0.416 e. The van der Waals surface area contributed by atoms with E-state index in [2.05, 4.69) is 20.5 Å². The van der Waals surface area contributed by atoms with E-state index in [-0.39, 0.29) is 11.3 Å². The normalized spacial score (nSPS) is 11.5. The van der Waals surface area contributed by atoms with Gasteiger partial charge in [-0.05, 0) is 55.0 Å². The Morgan fingerprint density at radius 3 is 2.65 bits per heavy atom. The number of nitrogens with one attached hydrogen (secondary N) is 2. The van der Waals surface area contributed by atoms with Crippen molar-refractivity contribution in [3.8, 4) is 11.3 Å². The highest BCUT2D eigenvalue weighted by Crippen LogP contribution is 2.30. The molecule has 156 valence electrons. The summed E-state index contributed by atoms with van der Waals surface area (Å²) in [6.07, 6.45) is -3.90. The molecule has 0 aliphatic carbocycles. The smallest absolute Gasteiger partial charge is 0.322 e. The lowest BCUT2D eigenvalue weighted by Gasteiger charge is -2.11. The van der Waals surface area contributed by atoms with Gasteiger partial charge in [-0.15, -0.1) is 0 Å². The second-order valence-corrected chi connectivity index (χ2v) is 6.88. The largest absolute Gasteiger partial charge is 0.416 e. The zero-order chi connectivity index (χ0) is 22.2. The summed E-state index contributed by atoms with van der Waals surface area (Å²) in [4.78, 5) is 28.0. The third-order valence-electron chi connectivity index (χ3n) is 4.79. The van der Waals surface area contributed by atoms with Crippen molar-refractivity contribution in [1.29, 1.82) is 0 Å². The Bertz CT molecular complexity index is 1310. The number of H-pyrrole nitrogens is 1. The van der Waals surface area contributed by atoms with E-state index in [1.165, 1.54) is 12.1 Å². The second kappa shape index (κ2) is 7.67. The van der Waals surface area contributed by atoms with Crippen LogP contribution in [0.1, 0.15) is 32.0 Å². The predicted molar refractivity (Wildman–Crippen MR) is 109 cm³/mol. The van der Waals surface area contributed by atoms with Crippen molar-refractivity contribution >= 4 is 28.9 Å². The molecule has 0 unspecified atom stereocenters. The summed E-state index contributed by atoms with van der Waals surface area (Å²) >= 11 is 0. The van der Waals surface area contributed by atoms with Crippen LogP contribution in [-0.2, 0) is 6.18 Å². The number of hydrogen-bond acceptors (Lipinski definition) is 4. The first-order valence-electron chi connectivity index (χ1n) is 9.16. The Kier molecular flexibility index (Phi) is 5.02. The number of aryl methyl sites for hydroxylation is 1. The molecule has 0 aliphatic heterocycles. The molecule has 0 atom stereocenters. The molecular formula is C22H15F3N4O2. The zero-order valence-electron chi connectivity index (χ0n) is 16.1. The molecule has 0 spiro atoms. The molecule has 4 aromatic rings. The van der Waals surface area contributed by atoms with Crippen LogP contribution in [-0.4, -0.2) is 27.4 Å². The second-order valence-electron chi connectivity index (χ2n) is 6.88. The van der Waals surface area contributed by atoms with Gasteiger partial charge in [0, 0.05) is 22.2 Å². The molecule has 2 heterocycles. The molecule has 2 N–H and O–H groups in total. The van der Waals surface area contributed by atoms with Gasteiger partial charge in [0.2, 0.25) is 0 Å². The highest BCUT2D eigenvalue weighted by Gasteiger charge is 2.30. The van der Waals surface area contributed by atoms with Crippen LogP contribution >= 0.6 is 0 Å². The summed E-state index contributed by atoms with van der Waals surface area (Å²) in [6, 6.07) is 12.8. The highest BCUT2D eigenvalue weighted by molar-refractivity contribution is 6.04. The Balaban J connectivity index is 1.64. The van der Waals surface area contributed by atoms with Gasteiger partial charge < -0.3 is 5.32 Å². The Labute approximate surface area is 174 Å². The van der Waals surface area contributed by atoms with Gasteiger partial charge in [-0.3, -0.25) is 14.7 Å². The fourth-order valence-corrected chi connectivity index (χ4v) is 3.18. The molecule has 9 heteroatoms. The summed E-state index contributed by atoms with van der Waals surface area (Å²) in [5.41, 5.74) is 2.28. The lowest BCUT2D eigenvalue weighted by molar-refractivity contribution is -0.137. The average Bonchev–Trinajstić information content (AvgIpc) is 3.17. The van der Waals surface area contributed by atoms with Crippen LogP contribution in [0.5, 0.6) is 0 Å². The van der Waals surface area contributed by atoms with E-state index in [1.54, 1.807) is 30.3 Å². The van der Waals surface area contributed by atoms with Crippen LogP contribution in [0.3, 0.4) is 0 Å². The molecule has 0 saturated heterocycles. The molecule has 0 bridgehead atoms. The van der Waals surface area contributed by atoms with E-state index in [0.29, 0.717) is 34.3 Å². The van der Waals surface area contributed by atoms with E-state index in [0.717, 1.165) is 17.7 Å². The van der Waals surface area contributed by atoms with Crippen LogP contribution in [0.4, 0.5) is 18.9 Å². The van der Waals surface area contributed by atoms with Gasteiger partial charge in [0.25, 0.3) is 5.91 Å². The van der Waals surface area contributed by atoms with Crippen LogP contribution in [0.2, 0.25) is 0 Å². The molecule has 0 fully saturated rings. The van der Waals surface area contributed by atoms with Gasteiger partial charge in [-0.25, -0.2) is 4.98 Å². The molecular weight excluding hydrogens is 409 g/mol. The molecule has 0 radical (unpaired) electrons. The summed E-state index contributed by atoms with van der Waals surface area (Å²) < 4.78 is 38.7. The number of halogens is 3. The molecule has 4 rings (SSSR count). The average molecular weight is 424 g/mol. The summed E-state index contributed by atoms with van der Waals surface area (Å²) in [5, 5.41) is 9.81. The van der Waals surface area contributed by atoms with Crippen LogP contribution in [0, 0.1) is 6.92 Å². The van der Waals surface area contributed by atoms with Crippen LogP contribution in [0.15, 0.2) is 54.6 Å². The summed E-state index contributed by atoms with van der Waals surface area (Å²) in [5.74, 6) is -0.659. The molecule has 1 amide bonds. The number of fused-ring (bicyclic) bond motifs is 1. The number of anilines is 1. The maximum absolute atomic E-state index is 12.9. The van der Waals surface area contributed by atoms with Crippen molar-refractivity contribution in [3.63, 3.8) is 0 Å². The summed E-state index contributed by atoms with van der Waals surface area (Å²) in [7, 11) is 0. The minimum Gasteiger partial charge on any atom is -0.322 e. The summed E-state index contributed by atoms with van der Waals surface area (Å²) in [6.45, 7) is 1.86. The minimum atomic E-state index is -4.53. The number of carbonyl (C=O) groups excluding carboxylic acids is 2. The number of aromatic nitrogens is 3. The Hall–Kier alpha value is -4.01. The first-order chi connectivity index (χ1) is 14.8. The molecule has 0 aliphatic rings. The first-order valence-corrected chi connectivity index (χ1v) is 9.16. The number of benzene rings is 2. The Morgan fingerprint density at radius 1 is 1.10 bits per heavy atom. The first kappa shape index (κ1) is 20.3. The van der Waals surface area contributed by atoms with Crippen molar-refractivity contribution < 1.29 is 22.8 Å². The molecule has 2 aromatic heterocycles. The van der Waals surface area contributed by atoms with Crippen molar-refractivity contribution in [2.45, 2.75) is 13.1 Å². The number of carbonyl (C=O) groups is 2. The van der Waals surface area contributed by atoms with E-state index in [1.807, 2.05) is 6.92 Å². The number of amides is 1. The number of aromatic amines is 1. The van der Waals surface area contributed by atoms with Crippen molar-refractivity contribution in [3.05, 3.63) is 77.0 Å². The van der Waals surface area contributed by atoms with Gasteiger partial charge in [0.15, 0.2) is 11.9 Å². The van der Waals surface area contributed by atoms with E-state index < -0.39 is 17.6 Å². The number of aldehydes is 1. The minimum absolute atomic E-state index is 0.102. The molecule has 6 nitrogen and oxygen atoms in total. The fourth-order valence-electron chi connectivity index (χ4n) is 3.18. The number of hydrogen-bond donors (Lipinski definition) is 2. The SMILES string of the molecule is Cc1ccc(NC(=O)c2cccc(C(F)(F)F)c2)cc1-c1ccc2c(C=O)n[nH]c2n1. The zero-order valence-corrected chi connectivity index (χ0v) is 16.1. The van der Waals surface area contributed by atoms with E-state index in [9.17, 15) is 22.8 Å². The van der Waals surface area contributed by atoms with Gasteiger partial charge in [-0.1, -0.05) is 12.1 Å². The number of rotatable bonds is 4. The lowest BCUT2D eigenvalue weighted by atomic mass is 10.0. The molecule has 31 heavy (non-hydrogen) atoms. The molecule has 0 saturated carbocycles. The number of alkyl halides is 3. The standard InChI is InChI=1S/C22H15F3N4O2/c1-12-5-6-15(26-21(31)13-3-2-4-14(9-13)22(23,24)25)10-17(12)18-8-7-16-19(11-30)28-29-20(16)27-18/h2-11H,1H3,(H,26,31)(H,27,28,29). The third kappa shape index (κ3) is 4.02. The van der Waals surface area contributed by atoms with Crippen LogP contribution in [0.25, 0.3) is 22.3 Å². The van der Waals surface area contributed by atoms with E-state index >= 15 is 0 Å². The fraction of sp³-hybridized carbons (Fsp3) is 0.0909. The topological polar surface area (TPSA) is 87.7 Å². The van der Waals surface area contributed by atoms with Crippen molar-refractivity contribution in [1.82, 2.24) is 15.2 Å². The maximum atomic E-state index is 12.9. The van der Waals surface area contributed by atoms with Crippen molar-refractivity contribution in [2.75, 3.05) is 5.32 Å². The van der Waals surface area contributed by atoms with Gasteiger partial charge in [-0.2, -0.15) is 18.3 Å². The Morgan fingerprint density at radius 2 is 1.90 bits per heavy atom. The van der Waals surface area contributed by atoms with Gasteiger partial charge in [0.1, 0.15) is 5.69 Å². The lowest BCUT2D eigenvalue weighted by Crippen LogP contribution is -2.14. The van der Waals surface area contributed by atoms with Crippen molar-refractivity contribution in [2.24, 2.45) is 0 Å². The van der Waals surface area contributed by atoms with Gasteiger partial charge in [0.05, 0.1) is 11.3 Å². The number of nitrogens with zero attached hydrogens (tertiary/aromatic N) is 2. The quantitative estimate of drug-likeness (QED) is 0.451.